The van der Waals surface area contributed by atoms with Gasteiger partial charge in [-0.3, -0.25) is 0 Å². The molecule has 0 fully saturated rings. The highest BCUT2D eigenvalue weighted by Crippen LogP contribution is 2.20. The Kier molecular flexibility index (Phi) is 3.92. The second-order valence-electron chi connectivity index (χ2n) is 5.49. The Morgan fingerprint density at radius 2 is 1.46 bits per heavy atom. The second kappa shape index (κ2) is 6.40. The molecule has 2 aromatic heterocycles. The standard InChI is InChI=1S/C18H11F2N3O3/c19-13-5-1-11(2-6-13)16-21-15(10-25-16)9-23-18(24)26-17(22-23)12-3-7-14(20)8-4-12/h1-8,10H,9H2. The molecule has 0 bridgehead atoms. The molecular formula is C18H11F2N3O3. The van der Waals surface area contributed by atoms with Gasteiger partial charge in [0.2, 0.25) is 11.8 Å². The van der Waals surface area contributed by atoms with Crippen molar-refractivity contribution in [2.75, 3.05) is 0 Å². The van der Waals surface area contributed by atoms with Gasteiger partial charge < -0.3 is 8.83 Å². The first-order valence-corrected chi connectivity index (χ1v) is 7.63. The molecule has 0 aliphatic rings. The molecule has 8 heteroatoms. The third-order valence-electron chi connectivity index (χ3n) is 3.65. The zero-order chi connectivity index (χ0) is 18.1. The number of benzene rings is 2. The fourth-order valence-electron chi connectivity index (χ4n) is 2.37. The van der Waals surface area contributed by atoms with Crippen LogP contribution in [-0.4, -0.2) is 14.8 Å². The van der Waals surface area contributed by atoms with E-state index in [1.54, 1.807) is 12.1 Å². The molecule has 0 radical (unpaired) electrons. The summed E-state index contributed by atoms with van der Waals surface area (Å²) < 4.78 is 37.5. The Bertz CT molecular complexity index is 1100. The molecule has 6 nitrogen and oxygen atoms in total. The third-order valence-corrected chi connectivity index (χ3v) is 3.65. The first-order chi connectivity index (χ1) is 12.6. The van der Waals surface area contributed by atoms with Crippen LogP contribution >= 0.6 is 0 Å². The van der Waals surface area contributed by atoms with E-state index in [2.05, 4.69) is 10.1 Å². The summed E-state index contributed by atoms with van der Waals surface area (Å²) in [5.74, 6) is -1.04. The molecule has 0 N–H and O–H groups in total. The highest BCUT2D eigenvalue weighted by Gasteiger charge is 2.13. The maximum absolute atomic E-state index is 13.0. The zero-order valence-electron chi connectivity index (χ0n) is 13.2. The Morgan fingerprint density at radius 1 is 0.885 bits per heavy atom. The molecule has 0 atom stereocenters. The number of halogens is 2. The van der Waals surface area contributed by atoms with Crippen molar-refractivity contribution in [2.24, 2.45) is 0 Å². The number of oxazole rings is 1. The molecule has 0 spiro atoms. The van der Waals surface area contributed by atoms with Crippen molar-refractivity contribution in [3.05, 3.63) is 82.7 Å². The van der Waals surface area contributed by atoms with Gasteiger partial charge in [0.1, 0.15) is 23.6 Å². The van der Waals surface area contributed by atoms with Crippen LogP contribution in [0.15, 0.2) is 68.4 Å². The van der Waals surface area contributed by atoms with E-state index in [1.807, 2.05) is 0 Å². The van der Waals surface area contributed by atoms with Crippen LogP contribution < -0.4 is 5.76 Å². The minimum atomic E-state index is -0.671. The molecule has 2 aromatic carbocycles. The van der Waals surface area contributed by atoms with Crippen LogP contribution in [-0.2, 0) is 6.54 Å². The van der Waals surface area contributed by atoms with Crippen LogP contribution in [0.2, 0.25) is 0 Å². The minimum absolute atomic E-state index is 0.0359. The van der Waals surface area contributed by atoms with Gasteiger partial charge in [-0.15, -0.1) is 5.10 Å². The SMILES string of the molecule is O=c1oc(-c2ccc(F)cc2)nn1Cc1coc(-c2ccc(F)cc2)n1. The van der Waals surface area contributed by atoms with Gasteiger partial charge in [0, 0.05) is 11.1 Å². The molecule has 2 heterocycles. The van der Waals surface area contributed by atoms with Crippen molar-refractivity contribution in [3.8, 4) is 22.9 Å². The molecule has 0 aliphatic carbocycles. The first-order valence-electron chi connectivity index (χ1n) is 7.63. The van der Waals surface area contributed by atoms with Crippen LogP contribution in [0.25, 0.3) is 22.9 Å². The van der Waals surface area contributed by atoms with E-state index < -0.39 is 11.6 Å². The maximum Gasteiger partial charge on any atom is 0.437 e. The van der Waals surface area contributed by atoms with Crippen LogP contribution in [0.3, 0.4) is 0 Å². The van der Waals surface area contributed by atoms with E-state index in [-0.39, 0.29) is 18.3 Å². The van der Waals surface area contributed by atoms with E-state index in [0.29, 0.717) is 22.7 Å². The summed E-state index contributed by atoms with van der Waals surface area (Å²) in [5.41, 5.74) is 1.54. The fraction of sp³-hybridized carbons (Fsp3) is 0.0556. The van der Waals surface area contributed by atoms with Crippen molar-refractivity contribution in [3.63, 3.8) is 0 Å². The highest BCUT2D eigenvalue weighted by molar-refractivity contribution is 5.53. The van der Waals surface area contributed by atoms with Gasteiger partial charge >= 0.3 is 5.76 Å². The molecule has 0 saturated carbocycles. The molecule has 4 rings (SSSR count). The van der Waals surface area contributed by atoms with Crippen LogP contribution in [0.1, 0.15) is 5.69 Å². The summed E-state index contributed by atoms with van der Waals surface area (Å²) in [4.78, 5) is 16.2. The van der Waals surface area contributed by atoms with Gasteiger partial charge in [-0.1, -0.05) is 0 Å². The lowest BCUT2D eigenvalue weighted by atomic mass is 10.2. The van der Waals surface area contributed by atoms with E-state index in [0.717, 1.165) is 4.68 Å². The van der Waals surface area contributed by atoms with E-state index >= 15 is 0 Å². The van der Waals surface area contributed by atoms with Crippen LogP contribution in [0, 0.1) is 11.6 Å². The van der Waals surface area contributed by atoms with Crippen molar-refractivity contribution in [2.45, 2.75) is 6.54 Å². The van der Waals surface area contributed by atoms with E-state index in [1.165, 1.54) is 42.7 Å². The lowest BCUT2D eigenvalue weighted by Gasteiger charge is -1.95. The molecule has 0 amide bonds. The summed E-state index contributed by atoms with van der Waals surface area (Å²) in [6.45, 7) is 0.0359. The highest BCUT2D eigenvalue weighted by atomic mass is 19.1. The molecule has 130 valence electrons. The lowest BCUT2D eigenvalue weighted by molar-refractivity contribution is 0.492. The van der Waals surface area contributed by atoms with E-state index in [9.17, 15) is 13.6 Å². The lowest BCUT2D eigenvalue weighted by Crippen LogP contribution is -2.16. The maximum atomic E-state index is 13.0. The normalized spacial score (nSPS) is 11.0. The Labute approximate surface area is 145 Å². The van der Waals surface area contributed by atoms with Gasteiger partial charge in [-0.2, -0.15) is 4.68 Å². The van der Waals surface area contributed by atoms with Crippen molar-refractivity contribution in [1.29, 1.82) is 0 Å². The molecular weight excluding hydrogens is 344 g/mol. The second-order valence-corrected chi connectivity index (χ2v) is 5.49. The Morgan fingerprint density at radius 3 is 2.08 bits per heavy atom. The van der Waals surface area contributed by atoms with Gasteiger partial charge in [0.05, 0.1) is 6.54 Å². The third kappa shape index (κ3) is 3.16. The predicted molar refractivity (Wildman–Crippen MR) is 87.2 cm³/mol. The zero-order valence-corrected chi connectivity index (χ0v) is 13.2. The van der Waals surface area contributed by atoms with Crippen molar-refractivity contribution in [1.82, 2.24) is 14.8 Å². The average Bonchev–Trinajstić information content (AvgIpc) is 3.24. The Balaban J connectivity index is 1.57. The summed E-state index contributed by atoms with van der Waals surface area (Å²) in [6, 6.07) is 11.1. The molecule has 0 saturated heterocycles. The monoisotopic (exact) mass is 355 g/mol. The van der Waals surface area contributed by atoms with Gasteiger partial charge in [-0.25, -0.2) is 18.6 Å². The van der Waals surface area contributed by atoms with Gasteiger partial charge in [0.25, 0.3) is 0 Å². The largest absolute Gasteiger partial charge is 0.444 e. The average molecular weight is 355 g/mol. The summed E-state index contributed by atoms with van der Waals surface area (Å²) in [7, 11) is 0. The number of aromatic nitrogens is 3. The summed E-state index contributed by atoms with van der Waals surface area (Å²) >= 11 is 0. The molecule has 0 aliphatic heterocycles. The number of nitrogens with zero attached hydrogens (tertiary/aromatic N) is 3. The fourth-order valence-corrected chi connectivity index (χ4v) is 2.37. The smallest absolute Gasteiger partial charge is 0.437 e. The summed E-state index contributed by atoms with van der Waals surface area (Å²) in [6.07, 6.45) is 1.39. The molecule has 0 unspecified atom stereocenters. The Hall–Kier alpha value is -3.55. The predicted octanol–water partition coefficient (Wildman–Crippen LogP) is 3.48. The molecule has 26 heavy (non-hydrogen) atoms. The quantitative estimate of drug-likeness (QED) is 0.560. The first kappa shape index (κ1) is 15.9. The van der Waals surface area contributed by atoms with Gasteiger partial charge in [0.15, 0.2) is 0 Å². The topological polar surface area (TPSA) is 74.1 Å². The number of rotatable bonds is 4. The van der Waals surface area contributed by atoms with Crippen molar-refractivity contribution < 1.29 is 17.6 Å². The van der Waals surface area contributed by atoms with Crippen molar-refractivity contribution >= 4 is 0 Å². The van der Waals surface area contributed by atoms with Crippen LogP contribution in [0.5, 0.6) is 0 Å². The number of hydrogen-bond acceptors (Lipinski definition) is 5. The van der Waals surface area contributed by atoms with Gasteiger partial charge in [-0.05, 0) is 48.5 Å². The molecule has 4 aromatic rings. The minimum Gasteiger partial charge on any atom is -0.444 e. The van der Waals surface area contributed by atoms with E-state index in [4.69, 9.17) is 8.83 Å². The summed E-state index contributed by atoms with van der Waals surface area (Å²) in [5, 5.41) is 4.08. The number of hydrogen-bond donors (Lipinski definition) is 0. The van der Waals surface area contributed by atoms with Crippen LogP contribution in [0.4, 0.5) is 8.78 Å².